The number of nitrogens with one attached hydrogen (secondary N) is 3. The van der Waals surface area contributed by atoms with Crippen molar-refractivity contribution >= 4 is 55.7 Å². The number of halogens is 2. The van der Waals surface area contributed by atoms with Crippen molar-refractivity contribution in [2.24, 2.45) is 0 Å². The summed E-state index contributed by atoms with van der Waals surface area (Å²) in [6.45, 7) is 0.440. The number of rotatable bonds is 3. The number of hydrogen-bond donors (Lipinski definition) is 3. The third-order valence-corrected chi connectivity index (χ3v) is 3.64. The number of hydrogen-bond acceptors (Lipinski definition) is 6. The van der Waals surface area contributed by atoms with Gasteiger partial charge >= 0.3 is 0 Å². The molecule has 0 bridgehead atoms. The fraction of sp³-hybridized carbons (Fsp3) is 0.0833. The Morgan fingerprint density at radius 1 is 1.18 bits per heavy atom. The molecule has 0 aromatic carbocycles. The molecule has 4 rings (SSSR count). The zero-order valence-electron chi connectivity index (χ0n) is 10.9. The van der Waals surface area contributed by atoms with Gasteiger partial charge < -0.3 is 15.3 Å². The predicted octanol–water partition coefficient (Wildman–Crippen LogP) is 2.65. The second kappa shape index (κ2) is 5.18. The lowest BCUT2D eigenvalue weighted by Crippen LogP contribution is -2.04. The summed E-state index contributed by atoms with van der Waals surface area (Å²) in [7, 11) is 0. The number of aromatic nitrogens is 7. The number of pyridine rings is 1. The van der Waals surface area contributed by atoms with Crippen LogP contribution in [0.25, 0.3) is 22.3 Å². The quantitative estimate of drug-likeness (QED) is 0.472. The molecule has 10 heteroatoms. The molecule has 8 nitrogen and oxygen atoms in total. The summed E-state index contributed by atoms with van der Waals surface area (Å²) in [6, 6.07) is 1.92. The molecule has 0 amide bonds. The Morgan fingerprint density at radius 2 is 2.09 bits per heavy atom. The lowest BCUT2D eigenvalue weighted by molar-refractivity contribution is 0.994. The van der Waals surface area contributed by atoms with E-state index < -0.39 is 0 Å². The van der Waals surface area contributed by atoms with Gasteiger partial charge in [0.05, 0.1) is 18.4 Å². The summed E-state index contributed by atoms with van der Waals surface area (Å²) in [5.41, 5.74) is 2.73. The van der Waals surface area contributed by atoms with E-state index in [4.69, 9.17) is 11.6 Å². The van der Waals surface area contributed by atoms with Crippen molar-refractivity contribution in [2.75, 3.05) is 5.32 Å². The highest BCUT2D eigenvalue weighted by Gasteiger charge is 2.10. The second-order valence-corrected chi connectivity index (χ2v) is 5.76. The van der Waals surface area contributed by atoms with Gasteiger partial charge in [-0.2, -0.15) is 9.97 Å². The van der Waals surface area contributed by atoms with Gasteiger partial charge in [-0.25, -0.2) is 15.0 Å². The van der Waals surface area contributed by atoms with E-state index in [1.165, 1.54) is 0 Å². The molecule has 0 aliphatic carbocycles. The third-order valence-electron chi connectivity index (χ3n) is 3.03. The number of nitrogens with zero attached hydrogens (tertiary/aromatic N) is 5. The van der Waals surface area contributed by atoms with Gasteiger partial charge in [-0.15, -0.1) is 0 Å². The molecule has 0 saturated carbocycles. The molecular weight excluding hydrogens is 372 g/mol. The Morgan fingerprint density at radius 3 is 3.00 bits per heavy atom. The molecule has 0 fully saturated rings. The largest absolute Gasteiger partial charge is 0.361 e. The molecule has 0 aliphatic rings. The minimum atomic E-state index is 0.136. The SMILES string of the molecule is Clc1nc(NCc2nc3ncc(Br)cc3[nH]2)c2[nH]cnc2n1. The van der Waals surface area contributed by atoms with Crippen molar-refractivity contribution in [2.45, 2.75) is 6.54 Å². The normalized spacial score (nSPS) is 11.4. The van der Waals surface area contributed by atoms with Gasteiger partial charge in [0.2, 0.25) is 5.28 Å². The highest BCUT2D eigenvalue weighted by molar-refractivity contribution is 9.10. The predicted molar refractivity (Wildman–Crippen MR) is 85.6 cm³/mol. The van der Waals surface area contributed by atoms with Gasteiger partial charge in [-0.1, -0.05) is 0 Å². The van der Waals surface area contributed by atoms with Crippen LogP contribution >= 0.6 is 27.5 Å². The highest BCUT2D eigenvalue weighted by atomic mass is 79.9. The zero-order chi connectivity index (χ0) is 15.1. The van der Waals surface area contributed by atoms with Crippen LogP contribution in [0.3, 0.4) is 0 Å². The molecule has 0 saturated heterocycles. The van der Waals surface area contributed by atoms with Crippen LogP contribution in [-0.2, 0) is 6.54 Å². The topological polar surface area (TPSA) is 108 Å². The molecule has 22 heavy (non-hydrogen) atoms. The summed E-state index contributed by atoms with van der Waals surface area (Å²) in [5.74, 6) is 1.31. The minimum absolute atomic E-state index is 0.136. The Bertz CT molecular complexity index is 978. The molecular formula is C12H8BrClN8. The Balaban J connectivity index is 1.63. The highest BCUT2D eigenvalue weighted by Crippen LogP contribution is 2.20. The fourth-order valence-electron chi connectivity index (χ4n) is 2.11. The van der Waals surface area contributed by atoms with E-state index in [9.17, 15) is 0 Å². The number of H-pyrrole nitrogens is 2. The number of imidazole rings is 2. The molecule has 0 unspecified atom stereocenters. The molecule has 0 spiro atoms. The van der Waals surface area contributed by atoms with Crippen molar-refractivity contribution in [1.82, 2.24) is 34.9 Å². The van der Waals surface area contributed by atoms with E-state index >= 15 is 0 Å². The van der Waals surface area contributed by atoms with Crippen molar-refractivity contribution < 1.29 is 0 Å². The first-order valence-corrected chi connectivity index (χ1v) is 7.47. The lowest BCUT2D eigenvalue weighted by atomic mass is 10.4. The Kier molecular flexibility index (Phi) is 3.16. The molecule has 4 aromatic heterocycles. The van der Waals surface area contributed by atoms with E-state index in [-0.39, 0.29) is 5.28 Å². The Hall–Kier alpha value is -2.26. The average Bonchev–Trinajstić information content (AvgIpc) is 3.10. The fourth-order valence-corrected chi connectivity index (χ4v) is 2.61. The maximum absolute atomic E-state index is 5.89. The zero-order valence-corrected chi connectivity index (χ0v) is 13.3. The van der Waals surface area contributed by atoms with Gasteiger partial charge in [0.15, 0.2) is 17.1 Å². The van der Waals surface area contributed by atoms with Crippen molar-refractivity contribution in [1.29, 1.82) is 0 Å². The lowest BCUT2D eigenvalue weighted by Gasteiger charge is -2.04. The smallest absolute Gasteiger partial charge is 0.226 e. The van der Waals surface area contributed by atoms with Crippen LogP contribution in [-0.4, -0.2) is 34.9 Å². The van der Waals surface area contributed by atoms with E-state index in [0.29, 0.717) is 29.2 Å². The molecule has 0 aliphatic heterocycles. The maximum Gasteiger partial charge on any atom is 0.226 e. The molecule has 0 atom stereocenters. The summed E-state index contributed by atoms with van der Waals surface area (Å²) < 4.78 is 0.893. The summed E-state index contributed by atoms with van der Waals surface area (Å²) >= 11 is 9.27. The number of anilines is 1. The first-order valence-electron chi connectivity index (χ1n) is 6.30. The molecule has 3 N–H and O–H groups in total. The average molecular weight is 380 g/mol. The second-order valence-electron chi connectivity index (χ2n) is 4.50. The first kappa shape index (κ1) is 13.4. The van der Waals surface area contributed by atoms with Gasteiger partial charge in [0, 0.05) is 10.7 Å². The molecule has 0 radical (unpaired) electrons. The van der Waals surface area contributed by atoms with Crippen LogP contribution in [0.1, 0.15) is 5.82 Å². The van der Waals surface area contributed by atoms with Gasteiger partial charge in [0.1, 0.15) is 11.3 Å². The van der Waals surface area contributed by atoms with Crippen LogP contribution in [0.4, 0.5) is 5.82 Å². The van der Waals surface area contributed by atoms with Gasteiger partial charge in [-0.3, -0.25) is 0 Å². The van der Waals surface area contributed by atoms with Crippen molar-refractivity contribution in [3.8, 4) is 0 Å². The van der Waals surface area contributed by atoms with Crippen molar-refractivity contribution in [3.05, 3.63) is 34.2 Å². The van der Waals surface area contributed by atoms with Crippen LogP contribution in [0.15, 0.2) is 23.1 Å². The number of aromatic amines is 2. The van der Waals surface area contributed by atoms with Crippen molar-refractivity contribution in [3.63, 3.8) is 0 Å². The van der Waals surface area contributed by atoms with Crippen LogP contribution in [0, 0.1) is 0 Å². The van der Waals surface area contributed by atoms with E-state index in [1.54, 1.807) is 12.5 Å². The Labute approximate surface area is 136 Å². The van der Waals surface area contributed by atoms with Crippen LogP contribution in [0.2, 0.25) is 5.28 Å². The van der Waals surface area contributed by atoms with Gasteiger partial charge in [-0.05, 0) is 33.6 Å². The van der Waals surface area contributed by atoms with E-state index in [1.807, 2.05) is 6.07 Å². The van der Waals surface area contributed by atoms with Gasteiger partial charge in [0.25, 0.3) is 0 Å². The summed E-state index contributed by atoms with van der Waals surface area (Å²) in [4.78, 5) is 27.1. The molecule has 4 heterocycles. The number of fused-ring (bicyclic) bond motifs is 2. The summed E-state index contributed by atoms with van der Waals surface area (Å²) in [5, 5.41) is 3.30. The standard InChI is InChI=1S/C12H8BrClN8/c13-5-1-6-9(15-2-5)20-7(19-6)3-16-10-8-11(18-4-17-8)22-12(14)21-10/h1-2,4H,3H2,(H,15,19,20)(H2,16,17,18,21,22). The van der Waals surface area contributed by atoms with E-state index in [2.05, 4.69) is 56.1 Å². The monoisotopic (exact) mass is 378 g/mol. The maximum atomic E-state index is 5.89. The summed E-state index contributed by atoms with van der Waals surface area (Å²) in [6.07, 6.45) is 3.25. The van der Waals surface area contributed by atoms with Crippen LogP contribution < -0.4 is 5.32 Å². The van der Waals surface area contributed by atoms with Crippen LogP contribution in [0.5, 0.6) is 0 Å². The third kappa shape index (κ3) is 2.38. The molecule has 110 valence electrons. The minimum Gasteiger partial charge on any atom is -0.361 e. The first-order chi connectivity index (χ1) is 10.7. The molecule has 4 aromatic rings. The van der Waals surface area contributed by atoms with E-state index in [0.717, 1.165) is 15.8 Å².